The molecule has 1 atom stereocenters. The van der Waals surface area contributed by atoms with Gasteiger partial charge in [-0.05, 0) is 25.7 Å². The number of carbonyl (C=O) groups is 1. The van der Waals surface area contributed by atoms with E-state index in [0.29, 0.717) is 23.8 Å². The molecule has 1 saturated carbocycles. The molecule has 1 amide bonds. The molecule has 6 heteroatoms. The van der Waals surface area contributed by atoms with Gasteiger partial charge in [0.1, 0.15) is 0 Å². The lowest BCUT2D eigenvalue weighted by molar-refractivity contribution is -0.125. The zero-order valence-corrected chi connectivity index (χ0v) is 13.8. The average molecular weight is 321 g/mol. The van der Waals surface area contributed by atoms with Crippen LogP contribution in [0.4, 0.5) is 0 Å². The van der Waals surface area contributed by atoms with Crippen LogP contribution in [0.25, 0.3) is 0 Å². The van der Waals surface area contributed by atoms with Crippen molar-refractivity contribution in [3.63, 3.8) is 0 Å². The number of nitrogens with one attached hydrogen (secondary N) is 1. The number of carbonyl (C=O) groups excluding carboxylic acids is 1. The van der Waals surface area contributed by atoms with E-state index in [-0.39, 0.29) is 17.4 Å². The van der Waals surface area contributed by atoms with Crippen molar-refractivity contribution in [2.45, 2.75) is 50.7 Å². The van der Waals surface area contributed by atoms with Crippen LogP contribution in [-0.2, 0) is 11.3 Å². The molecular formula is C16H23N3O2S. The number of fused-ring (bicyclic) bond motifs is 1. The van der Waals surface area contributed by atoms with Crippen molar-refractivity contribution in [3.05, 3.63) is 22.1 Å². The van der Waals surface area contributed by atoms with E-state index in [9.17, 15) is 9.59 Å². The van der Waals surface area contributed by atoms with E-state index in [0.717, 1.165) is 11.7 Å². The second kappa shape index (κ2) is 6.86. The number of rotatable bonds is 3. The average Bonchev–Trinajstić information content (AvgIpc) is 2.57. The van der Waals surface area contributed by atoms with Crippen LogP contribution >= 0.6 is 11.8 Å². The zero-order valence-electron chi connectivity index (χ0n) is 13.0. The van der Waals surface area contributed by atoms with Crippen LogP contribution in [0.1, 0.15) is 37.7 Å². The van der Waals surface area contributed by atoms with Crippen molar-refractivity contribution in [3.8, 4) is 0 Å². The molecule has 0 radical (unpaired) electrons. The van der Waals surface area contributed by atoms with Gasteiger partial charge in [0.25, 0.3) is 5.56 Å². The predicted octanol–water partition coefficient (Wildman–Crippen LogP) is 1.97. The molecule has 2 heterocycles. The topological polar surface area (TPSA) is 64.0 Å². The Morgan fingerprint density at radius 2 is 2.18 bits per heavy atom. The van der Waals surface area contributed by atoms with Crippen LogP contribution < -0.4 is 10.9 Å². The summed E-state index contributed by atoms with van der Waals surface area (Å²) in [7, 11) is 0. The Morgan fingerprint density at radius 1 is 1.41 bits per heavy atom. The number of aromatic nitrogens is 2. The Morgan fingerprint density at radius 3 is 2.95 bits per heavy atom. The van der Waals surface area contributed by atoms with Gasteiger partial charge in [-0.15, -0.1) is 0 Å². The monoisotopic (exact) mass is 321 g/mol. The Bertz CT molecular complexity index is 608. The molecule has 1 aromatic heterocycles. The third kappa shape index (κ3) is 3.37. The van der Waals surface area contributed by atoms with E-state index < -0.39 is 0 Å². The van der Waals surface area contributed by atoms with E-state index in [1.54, 1.807) is 17.7 Å². The first-order valence-corrected chi connectivity index (χ1v) is 9.10. The fraction of sp³-hybridized carbons (Fsp3) is 0.688. The summed E-state index contributed by atoms with van der Waals surface area (Å²) in [4.78, 5) is 28.8. The van der Waals surface area contributed by atoms with Crippen LogP contribution in [0, 0.1) is 18.8 Å². The quantitative estimate of drug-likeness (QED) is 0.865. The summed E-state index contributed by atoms with van der Waals surface area (Å²) in [6, 6.07) is 0. The molecule has 0 aromatic carbocycles. The summed E-state index contributed by atoms with van der Waals surface area (Å²) in [5.74, 6) is 1.28. The summed E-state index contributed by atoms with van der Waals surface area (Å²) in [5.41, 5.74) is 0.606. The SMILES string of the molecule is Cc1cnc2n(c1=O)CC(C(=O)NCC1CCCCC1)CS2. The molecule has 120 valence electrons. The third-order valence-electron chi connectivity index (χ3n) is 4.66. The molecule has 1 aliphatic heterocycles. The lowest BCUT2D eigenvalue weighted by Crippen LogP contribution is -2.41. The van der Waals surface area contributed by atoms with Gasteiger partial charge in [0, 0.05) is 30.6 Å². The maximum atomic E-state index is 12.4. The predicted molar refractivity (Wildman–Crippen MR) is 87.0 cm³/mol. The second-order valence-corrected chi connectivity index (χ2v) is 7.38. The van der Waals surface area contributed by atoms with Crippen LogP contribution in [0.15, 0.2) is 16.1 Å². The van der Waals surface area contributed by atoms with E-state index in [1.165, 1.54) is 43.9 Å². The fourth-order valence-electron chi connectivity index (χ4n) is 3.24. The molecule has 5 nitrogen and oxygen atoms in total. The van der Waals surface area contributed by atoms with Crippen LogP contribution in [0.3, 0.4) is 0 Å². The van der Waals surface area contributed by atoms with Crippen LogP contribution in [-0.4, -0.2) is 27.8 Å². The summed E-state index contributed by atoms with van der Waals surface area (Å²) in [5, 5.41) is 3.83. The van der Waals surface area contributed by atoms with Crippen molar-refractivity contribution < 1.29 is 4.79 Å². The molecule has 22 heavy (non-hydrogen) atoms. The number of nitrogens with zero attached hydrogens (tertiary/aromatic N) is 2. The molecule has 3 rings (SSSR count). The normalized spacial score (nSPS) is 22.1. The van der Waals surface area contributed by atoms with Gasteiger partial charge in [0.2, 0.25) is 5.91 Å². The lowest BCUT2D eigenvalue weighted by Gasteiger charge is -2.26. The van der Waals surface area contributed by atoms with Gasteiger partial charge in [0.15, 0.2) is 5.16 Å². The van der Waals surface area contributed by atoms with Crippen LogP contribution in [0.2, 0.25) is 0 Å². The Balaban J connectivity index is 1.60. The van der Waals surface area contributed by atoms with Gasteiger partial charge in [-0.2, -0.15) is 0 Å². The molecule has 1 aromatic rings. The van der Waals surface area contributed by atoms with Gasteiger partial charge in [-0.25, -0.2) is 4.98 Å². The fourth-order valence-corrected chi connectivity index (χ4v) is 4.29. The Hall–Kier alpha value is -1.30. The molecule has 0 bridgehead atoms. The van der Waals surface area contributed by atoms with E-state index in [2.05, 4.69) is 10.3 Å². The highest BCUT2D eigenvalue weighted by Gasteiger charge is 2.27. The molecule has 0 saturated heterocycles. The molecule has 0 spiro atoms. The molecule has 1 unspecified atom stereocenters. The van der Waals surface area contributed by atoms with Crippen molar-refractivity contribution in [1.82, 2.24) is 14.9 Å². The highest BCUT2D eigenvalue weighted by molar-refractivity contribution is 7.99. The largest absolute Gasteiger partial charge is 0.356 e. The standard InChI is InChI=1S/C16H23N3O2S/c1-11-7-18-16-19(15(11)21)9-13(10-22-16)14(20)17-8-12-5-3-2-4-6-12/h7,12-13H,2-6,8-10H2,1H3,(H,17,20). The maximum Gasteiger partial charge on any atom is 0.257 e. The number of hydrogen-bond acceptors (Lipinski definition) is 4. The number of hydrogen-bond donors (Lipinski definition) is 1. The van der Waals surface area contributed by atoms with Gasteiger partial charge >= 0.3 is 0 Å². The van der Waals surface area contributed by atoms with Crippen LogP contribution in [0.5, 0.6) is 0 Å². The molecule has 1 fully saturated rings. The molecule has 2 aliphatic rings. The number of thioether (sulfide) groups is 1. The van der Waals surface area contributed by atoms with Crippen molar-refractivity contribution in [2.75, 3.05) is 12.3 Å². The van der Waals surface area contributed by atoms with Gasteiger partial charge < -0.3 is 5.32 Å². The number of amides is 1. The number of aryl methyl sites for hydroxylation is 1. The highest BCUT2D eigenvalue weighted by Crippen LogP contribution is 2.26. The van der Waals surface area contributed by atoms with Gasteiger partial charge in [-0.1, -0.05) is 31.0 Å². The third-order valence-corrected chi connectivity index (χ3v) is 5.81. The van der Waals surface area contributed by atoms with E-state index >= 15 is 0 Å². The first-order chi connectivity index (χ1) is 10.6. The summed E-state index contributed by atoms with van der Waals surface area (Å²) >= 11 is 1.50. The minimum absolute atomic E-state index is 0.0257. The van der Waals surface area contributed by atoms with Gasteiger partial charge in [-0.3, -0.25) is 14.2 Å². The zero-order chi connectivity index (χ0) is 15.5. The van der Waals surface area contributed by atoms with Crippen molar-refractivity contribution in [2.24, 2.45) is 11.8 Å². The second-order valence-electron chi connectivity index (χ2n) is 6.40. The van der Waals surface area contributed by atoms with Crippen molar-refractivity contribution >= 4 is 17.7 Å². The summed E-state index contributed by atoms with van der Waals surface area (Å²) in [6.07, 6.45) is 7.97. The first kappa shape index (κ1) is 15.6. The molecule has 1 N–H and O–H groups in total. The molecular weight excluding hydrogens is 298 g/mol. The summed E-state index contributed by atoms with van der Waals surface area (Å²) in [6.45, 7) is 3.00. The van der Waals surface area contributed by atoms with Gasteiger partial charge in [0.05, 0.1) is 5.92 Å². The molecule has 1 aliphatic carbocycles. The minimum atomic E-state index is -0.137. The van der Waals surface area contributed by atoms with E-state index in [4.69, 9.17) is 0 Å². The lowest BCUT2D eigenvalue weighted by atomic mass is 9.89. The first-order valence-electron chi connectivity index (χ1n) is 8.12. The minimum Gasteiger partial charge on any atom is -0.356 e. The smallest absolute Gasteiger partial charge is 0.257 e. The maximum absolute atomic E-state index is 12.4. The Labute approximate surface area is 134 Å². The van der Waals surface area contributed by atoms with Crippen molar-refractivity contribution in [1.29, 1.82) is 0 Å². The van der Waals surface area contributed by atoms with E-state index in [1.807, 2.05) is 0 Å². The summed E-state index contributed by atoms with van der Waals surface area (Å²) < 4.78 is 1.65. The Kier molecular flexibility index (Phi) is 4.86. The highest BCUT2D eigenvalue weighted by atomic mass is 32.2.